The molecule has 1 aromatic carbocycles. The Bertz CT molecular complexity index is 372. The molecule has 0 heteroatoms. The molecule has 80 valence electrons. The molecule has 0 bridgehead atoms. The minimum Gasteiger partial charge on any atom is -0.0617 e. The van der Waals surface area contributed by atoms with Gasteiger partial charge in [-0.15, -0.1) is 0 Å². The van der Waals surface area contributed by atoms with Crippen LogP contribution in [0.2, 0.25) is 0 Å². The van der Waals surface area contributed by atoms with E-state index in [4.69, 9.17) is 0 Å². The highest BCUT2D eigenvalue weighted by molar-refractivity contribution is 5.43. The maximum absolute atomic E-state index is 2.41. The molecule has 2 aliphatic rings. The SMILES string of the molecule is CCc1cccc2c1CCCC21CCC1. The quantitative estimate of drug-likeness (QED) is 0.642. The minimum atomic E-state index is 0.624. The summed E-state index contributed by atoms with van der Waals surface area (Å²) in [6.45, 7) is 2.29. The monoisotopic (exact) mass is 200 g/mol. The molecule has 1 fully saturated rings. The Balaban J connectivity index is 2.12. The van der Waals surface area contributed by atoms with Crippen molar-refractivity contribution in [3.63, 3.8) is 0 Å². The van der Waals surface area contributed by atoms with Crippen molar-refractivity contribution in [2.45, 2.75) is 57.3 Å². The molecular weight excluding hydrogens is 180 g/mol. The smallest absolute Gasteiger partial charge is 0.00440 e. The molecule has 0 nitrogen and oxygen atoms in total. The van der Waals surface area contributed by atoms with Gasteiger partial charge in [0.2, 0.25) is 0 Å². The molecule has 1 spiro atoms. The first-order valence-electron chi connectivity index (χ1n) is 6.47. The zero-order valence-electron chi connectivity index (χ0n) is 9.68. The van der Waals surface area contributed by atoms with Crippen molar-refractivity contribution in [1.29, 1.82) is 0 Å². The van der Waals surface area contributed by atoms with Gasteiger partial charge >= 0.3 is 0 Å². The number of fused-ring (bicyclic) bond motifs is 2. The van der Waals surface area contributed by atoms with Crippen molar-refractivity contribution >= 4 is 0 Å². The van der Waals surface area contributed by atoms with Crippen LogP contribution in [0.5, 0.6) is 0 Å². The molecule has 2 aliphatic carbocycles. The van der Waals surface area contributed by atoms with Gasteiger partial charge in [0.1, 0.15) is 0 Å². The first-order chi connectivity index (χ1) is 7.36. The van der Waals surface area contributed by atoms with Crippen LogP contribution in [0.4, 0.5) is 0 Å². The first kappa shape index (κ1) is 9.45. The van der Waals surface area contributed by atoms with Crippen molar-refractivity contribution in [2.75, 3.05) is 0 Å². The Morgan fingerprint density at radius 2 is 1.93 bits per heavy atom. The number of hydrogen-bond acceptors (Lipinski definition) is 0. The summed E-state index contributed by atoms with van der Waals surface area (Å²) in [6.07, 6.45) is 9.77. The third-order valence-corrected chi connectivity index (χ3v) is 4.62. The predicted molar refractivity (Wildman–Crippen MR) is 64.3 cm³/mol. The number of benzene rings is 1. The van der Waals surface area contributed by atoms with Crippen LogP contribution < -0.4 is 0 Å². The molecule has 0 radical (unpaired) electrons. The molecule has 0 saturated heterocycles. The van der Waals surface area contributed by atoms with E-state index in [2.05, 4.69) is 25.1 Å². The normalized spacial score (nSPS) is 22.2. The van der Waals surface area contributed by atoms with E-state index < -0.39 is 0 Å². The average Bonchev–Trinajstić information content (AvgIpc) is 2.25. The van der Waals surface area contributed by atoms with Gasteiger partial charge in [-0.2, -0.15) is 0 Å². The lowest BCUT2D eigenvalue weighted by atomic mass is 9.58. The highest BCUT2D eigenvalue weighted by atomic mass is 14.5. The summed E-state index contributed by atoms with van der Waals surface area (Å²) >= 11 is 0. The Labute approximate surface area is 92.7 Å². The van der Waals surface area contributed by atoms with Crippen molar-refractivity contribution in [2.24, 2.45) is 0 Å². The molecule has 3 rings (SSSR count). The second kappa shape index (κ2) is 3.37. The summed E-state index contributed by atoms with van der Waals surface area (Å²) in [5.41, 5.74) is 5.67. The van der Waals surface area contributed by atoms with Gasteiger partial charge in [0.05, 0.1) is 0 Å². The second-order valence-corrected chi connectivity index (χ2v) is 5.28. The number of aryl methyl sites for hydroxylation is 1. The minimum absolute atomic E-state index is 0.624. The molecule has 0 N–H and O–H groups in total. The Morgan fingerprint density at radius 3 is 2.60 bits per heavy atom. The van der Waals surface area contributed by atoms with Gasteiger partial charge in [0, 0.05) is 0 Å². The fraction of sp³-hybridized carbons (Fsp3) is 0.600. The Hall–Kier alpha value is -0.780. The maximum atomic E-state index is 2.41. The van der Waals surface area contributed by atoms with Gasteiger partial charge in [-0.25, -0.2) is 0 Å². The fourth-order valence-corrected chi connectivity index (χ4v) is 3.62. The second-order valence-electron chi connectivity index (χ2n) is 5.28. The average molecular weight is 200 g/mol. The molecule has 0 heterocycles. The third kappa shape index (κ3) is 1.27. The molecule has 0 atom stereocenters. The van der Waals surface area contributed by atoms with E-state index in [1.165, 1.54) is 44.9 Å². The van der Waals surface area contributed by atoms with Gasteiger partial charge in [0.25, 0.3) is 0 Å². The summed E-state index contributed by atoms with van der Waals surface area (Å²) in [4.78, 5) is 0. The van der Waals surface area contributed by atoms with E-state index in [0.29, 0.717) is 5.41 Å². The van der Waals surface area contributed by atoms with Gasteiger partial charge in [-0.3, -0.25) is 0 Å². The Morgan fingerprint density at radius 1 is 1.13 bits per heavy atom. The van der Waals surface area contributed by atoms with Crippen molar-refractivity contribution in [3.8, 4) is 0 Å². The summed E-state index contributed by atoms with van der Waals surface area (Å²) in [5, 5.41) is 0. The topological polar surface area (TPSA) is 0 Å². The summed E-state index contributed by atoms with van der Waals surface area (Å²) in [6, 6.07) is 7.02. The summed E-state index contributed by atoms with van der Waals surface area (Å²) < 4.78 is 0. The van der Waals surface area contributed by atoms with E-state index >= 15 is 0 Å². The molecular formula is C15H20. The van der Waals surface area contributed by atoms with Crippen LogP contribution in [0.1, 0.15) is 55.7 Å². The highest BCUT2D eigenvalue weighted by Gasteiger charge is 2.41. The van der Waals surface area contributed by atoms with E-state index in [9.17, 15) is 0 Å². The largest absolute Gasteiger partial charge is 0.0617 e. The first-order valence-corrected chi connectivity index (χ1v) is 6.47. The van der Waals surface area contributed by atoms with Gasteiger partial charge in [-0.1, -0.05) is 31.5 Å². The zero-order chi connectivity index (χ0) is 10.3. The third-order valence-electron chi connectivity index (χ3n) is 4.62. The molecule has 0 aromatic heterocycles. The van der Waals surface area contributed by atoms with E-state index in [0.717, 1.165) is 0 Å². The van der Waals surface area contributed by atoms with Crippen LogP contribution >= 0.6 is 0 Å². The molecule has 0 unspecified atom stereocenters. The predicted octanol–water partition coefficient (Wildman–Crippen LogP) is 4.01. The van der Waals surface area contributed by atoms with Crippen LogP contribution in [0.25, 0.3) is 0 Å². The summed E-state index contributed by atoms with van der Waals surface area (Å²) in [5.74, 6) is 0. The van der Waals surface area contributed by atoms with Crippen LogP contribution in [0, 0.1) is 0 Å². The van der Waals surface area contributed by atoms with Gasteiger partial charge < -0.3 is 0 Å². The zero-order valence-corrected chi connectivity index (χ0v) is 9.68. The standard InChI is InChI=1S/C15H20/c1-2-12-6-3-8-14-13(12)7-4-9-15(14)10-5-11-15/h3,6,8H,2,4-5,7,9-11H2,1H3. The van der Waals surface area contributed by atoms with Gasteiger partial charge in [-0.05, 0) is 60.6 Å². The lowest BCUT2D eigenvalue weighted by Crippen LogP contribution is -2.37. The molecule has 1 aromatic rings. The number of hydrogen-bond donors (Lipinski definition) is 0. The lowest BCUT2D eigenvalue weighted by molar-refractivity contribution is 0.208. The van der Waals surface area contributed by atoms with Crippen molar-refractivity contribution < 1.29 is 0 Å². The van der Waals surface area contributed by atoms with Gasteiger partial charge in [0.15, 0.2) is 0 Å². The molecule has 15 heavy (non-hydrogen) atoms. The molecule has 1 saturated carbocycles. The lowest BCUT2D eigenvalue weighted by Gasteiger charge is -2.47. The van der Waals surface area contributed by atoms with Crippen LogP contribution in [0.15, 0.2) is 18.2 Å². The van der Waals surface area contributed by atoms with E-state index in [1.807, 2.05) is 0 Å². The van der Waals surface area contributed by atoms with Crippen LogP contribution in [-0.2, 0) is 18.3 Å². The number of rotatable bonds is 1. The Kier molecular flexibility index (Phi) is 2.12. The maximum Gasteiger partial charge on any atom is -0.00440 e. The summed E-state index contributed by atoms with van der Waals surface area (Å²) in [7, 11) is 0. The van der Waals surface area contributed by atoms with Crippen LogP contribution in [0.3, 0.4) is 0 Å². The van der Waals surface area contributed by atoms with E-state index in [-0.39, 0.29) is 0 Å². The molecule has 0 aliphatic heterocycles. The highest BCUT2D eigenvalue weighted by Crippen LogP contribution is 2.51. The fourth-order valence-electron chi connectivity index (χ4n) is 3.62. The molecule has 0 amide bonds. The van der Waals surface area contributed by atoms with Crippen molar-refractivity contribution in [3.05, 3.63) is 34.9 Å². The van der Waals surface area contributed by atoms with Crippen LogP contribution in [-0.4, -0.2) is 0 Å². The van der Waals surface area contributed by atoms with Crippen molar-refractivity contribution in [1.82, 2.24) is 0 Å². The van der Waals surface area contributed by atoms with E-state index in [1.54, 1.807) is 16.7 Å².